The lowest BCUT2D eigenvalue weighted by Gasteiger charge is -2.32. The van der Waals surface area contributed by atoms with Gasteiger partial charge in [-0.15, -0.1) is 0 Å². The third-order valence-corrected chi connectivity index (χ3v) is 5.10. The van der Waals surface area contributed by atoms with Crippen LogP contribution in [0.4, 0.5) is 0 Å². The molecule has 118 valence electrons. The summed E-state index contributed by atoms with van der Waals surface area (Å²) in [5.41, 5.74) is 0. The van der Waals surface area contributed by atoms with Gasteiger partial charge in [0.1, 0.15) is 0 Å². The molecule has 2 heterocycles. The quantitative estimate of drug-likeness (QED) is 0.924. The molecule has 3 rings (SSSR count). The smallest absolute Gasteiger partial charge is 0.229 e. The maximum atomic E-state index is 5.61. The van der Waals surface area contributed by atoms with Gasteiger partial charge in [0.2, 0.25) is 5.89 Å². The SMILES string of the molecule is CCC(c1noc(C2CCC(C)CC2)n1)N1CCNCC1. The number of piperazine rings is 1. The third-order valence-electron chi connectivity index (χ3n) is 5.10. The van der Waals surface area contributed by atoms with Gasteiger partial charge in [-0.2, -0.15) is 4.98 Å². The van der Waals surface area contributed by atoms with Crippen LogP contribution in [-0.4, -0.2) is 41.2 Å². The molecule has 1 saturated carbocycles. The fourth-order valence-electron chi connectivity index (χ4n) is 3.65. The fraction of sp³-hybridized carbons (Fsp3) is 0.875. The Balaban J connectivity index is 1.67. The van der Waals surface area contributed by atoms with Gasteiger partial charge in [-0.3, -0.25) is 4.90 Å². The molecule has 1 unspecified atom stereocenters. The zero-order chi connectivity index (χ0) is 14.7. The van der Waals surface area contributed by atoms with Crippen LogP contribution in [0.15, 0.2) is 4.52 Å². The first-order valence-corrected chi connectivity index (χ1v) is 8.56. The molecule has 21 heavy (non-hydrogen) atoms. The van der Waals surface area contributed by atoms with Gasteiger partial charge >= 0.3 is 0 Å². The molecule has 0 bridgehead atoms. The van der Waals surface area contributed by atoms with Gasteiger partial charge in [-0.1, -0.05) is 19.0 Å². The molecule has 5 nitrogen and oxygen atoms in total. The molecule has 1 aromatic heterocycles. The zero-order valence-electron chi connectivity index (χ0n) is 13.3. The molecule has 5 heteroatoms. The van der Waals surface area contributed by atoms with E-state index in [4.69, 9.17) is 9.51 Å². The van der Waals surface area contributed by atoms with Crippen molar-refractivity contribution in [2.75, 3.05) is 26.2 Å². The van der Waals surface area contributed by atoms with E-state index in [0.29, 0.717) is 12.0 Å². The standard InChI is InChI=1S/C16H28N4O/c1-3-14(20-10-8-17-9-11-20)15-18-16(21-19-15)13-6-4-12(2)5-7-13/h12-14,17H,3-11H2,1-2H3. The molecule has 1 aromatic rings. The van der Waals surface area contributed by atoms with E-state index in [1.54, 1.807) is 0 Å². The zero-order valence-corrected chi connectivity index (χ0v) is 13.3. The minimum Gasteiger partial charge on any atom is -0.339 e. The summed E-state index contributed by atoms with van der Waals surface area (Å²) in [7, 11) is 0. The number of nitrogens with one attached hydrogen (secondary N) is 1. The molecule has 2 fully saturated rings. The average Bonchev–Trinajstić information content (AvgIpc) is 2.99. The molecule has 0 radical (unpaired) electrons. The highest BCUT2D eigenvalue weighted by Gasteiger charge is 2.28. The van der Waals surface area contributed by atoms with Crippen molar-refractivity contribution in [3.63, 3.8) is 0 Å². The average molecular weight is 292 g/mol. The van der Waals surface area contributed by atoms with Crippen LogP contribution in [-0.2, 0) is 0 Å². The summed E-state index contributed by atoms with van der Waals surface area (Å²) >= 11 is 0. The lowest BCUT2D eigenvalue weighted by Crippen LogP contribution is -2.45. The number of aromatic nitrogens is 2. The van der Waals surface area contributed by atoms with E-state index in [1.807, 2.05) is 0 Å². The van der Waals surface area contributed by atoms with Crippen LogP contribution in [0, 0.1) is 5.92 Å². The minimum absolute atomic E-state index is 0.312. The maximum Gasteiger partial charge on any atom is 0.229 e. The summed E-state index contributed by atoms with van der Waals surface area (Å²) in [6.45, 7) is 8.81. The van der Waals surface area contributed by atoms with Crippen molar-refractivity contribution >= 4 is 0 Å². The Morgan fingerprint density at radius 1 is 1.24 bits per heavy atom. The van der Waals surface area contributed by atoms with Gasteiger partial charge in [0.25, 0.3) is 0 Å². The Bertz CT molecular complexity index is 433. The van der Waals surface area contributed by atoms with Crippen LogP contribution in [0.1, 0.15) is 69.6 Å². The Morgan fingerprint density at radius 2 is 1.95 bits per heavy atom. The molecular weight excluding hydrogens is 264 g/mol. The molecule has 0 amide bonds. The second kappa shape index (κ2) is 6.88. The van der Waals surface area contributed by atoms with E-state index in [1.165, 1.54) is 25.7 Å². The van der Waals surface area contributed by atoms with E-state index in [2.05, 4.69) is 29.2 Å². The molecule has 2 aliphatic rings. The lowest BCUT2D eigenvalue weighted by molar-refractivity contribution is 0.160. The predicted octanol–water partition coefficient (Wildman–Crippen LogP) is 2.72. The van der Waals surface area contributed by atoms with Crippen molar-refractivity contribution in [1.29, 1.82) is 0 Å². The van der Waals surface area contributed by atoms with Crippen LogP contribution in [0.5, 0.6) is 0 Å². The van der Waals surface area contributed by atoms with Gasteiger partial charge in [0.15, 0.2) is 5.82 Å². The summed E-state index contributed by atoms with van der Waals surface area (Å²) in [5, 5.41) is 7.71. The molecule has 1 N–H and O–H groups in total. The van der Waals surface area contributed by atoms with Crippen molar-refractivity contribution in [3.8, 4) is 0 Å². The van der Waals surface area contributed by atoms with Crippen molar-refractivity contribution in [2.24, 2.45) is 5.92 Å². The van der Waals surface area contributed by atoms with Crippen molar-refractivity contribution in [1.82, 2.24) is 20.4 Å². The third kappa shape index (κ3) is 3.46. The van der Waals surface area contributed by atoms with Gasteiger partial charge in [0.05, 0.1) is 6.04 Å². The van der Waals surface area contributed by atoms with E-state index >= 15 is 0 Å². The molecule has 0 aromatic carbocycles. The summed E-state index contributed by atoms with van der Waals surface area (Å²) < 4.78 is 5.61. The van der Waals surface area contributed by atoms with E-state index < -0.39 is 0 Å². The van der Waals surface area contributed by atoms with Crippen LogP contribution >= 0.6 is 0 Å². The first-order valence-electron chi connectivity index (χ1n) is 8.56. The van der Waals surface area contributed by atoms with Gasteiger partial charge in [-0.25, -0.2) is 0 Å². The van der Waals surface area contributed by atoms with E-state index in [0.717, 1.165) is 50.2 Å². The number of hydrogen-bond donors (Lipinski definition) is 1. The summed E-state index contributed by atoms with van der Waals surface area (Å²) in [6.07, 6.45) is 6.02. The molecule has 1 saturated heterocycles. The normalized spacial score (nSPS) is 29.4. The maximum absolute atomic E-state index is 5.61. The predicted molar refractivity (Wildman–Crippen MR) is 82.1 cm³/mol. The van der Waals surface area contributed by atoms with E-state index in [9.17, 15) is 0 Å². The Labute approximate surface area is 127 Å². The highest BCUT2D eigenvalue weighted by atomic mass is 16.5. The van der Waals surface area contributed by atoms with Gasteiger partial charge in [0, 0.05) is 32.1 Å². The van der Waals surface area contributed by atoms with Crippen molar-refractivity contribution in [3.05, 3.63) is 11.7 Å². The summed E-state index contributed by atoms with van der Waals surface area (Å²) in [4.78, 5) is 7.25. The molecular formula is C16H28N4O. The van der Waals surface area contributed by atoms with Crippen molar-refractivity contribution < 1.29 is 4.52 Å². The largest absolute Gasteiger partial charge is 0.339 e. The van der Waals surface area contributed by atoms with Crippen LogP contribution in [0.25, 0.3) is 0 Å². The first-order chi connectivity index (χ1) is 10.3. The van der Waals surface area contributed by atoms with Crippen LogP contribution < -0.4 is 5.32 Å². The number of rotatable bonds is 4. The van der Waals surface area contributed by atoms with E-state index in [-0.39, 0.29) is 0 Å². The van der Waals surface area contributed by atoms with Crippen LogP contribution in [0.2, 0.25) is 0 Å². The topological polar surface area (TPSA) is 54.2 Å². The minimum atomic E-state index is 0.312. The van der Waals surface area contributed by atoms with Crippen molar-refractivity contribution in [2.45, 2.75) is 57.9 Å². The first kappa shape index (κ1) is 15.0. The highest BCUT2D eigenvalue weighted by molar-refractivity contribution is 5.00. The monoisotopic (exact) mass is 292 g/mol. The summed E-state index contributed by atoms with van der Waals surface area (Å²) in [5.74, 6) is 3.12. The second-order valence-electron chi connectivity index (χ2n) is 6.66. The Morgan fingerprint density at radius 3 is 2.62 bits per heavy atom. The lowest BCUT2D eigenvalue weighted by atomic mass is 9.83. The summed E-state index contributed by atoms with van der Waals surface area (Å²) in [6, 6.07) is 0.312. The molecule has 1 atom stereocenters. The fourth-order valence-corrected chi connectivity index (χ4v) is 3.65. The Kier molecular flexibility index (Phi) is 4.91. The number of nitrogens with zero attached hydrogens (tertiary/aromatic N) is 3. The second-order valence-corrected chi connectivity index (χ2v) is 6.66. The van der Waals surface area contributed by atoms with Crippen LogP contribution in [0.3, 0.4) is 0 Å². The van der Waals surface area contributed by atoms with Gasteiger partial charge < -0.3 is 9.84 Å². The molecule has 1 aliphatic heterocycles. The van der Waals surface area contributed by atoms with Gasteiger partial charge in [-0.05, 0) is 38.0 Å². The number of hydrogen-bond acceptors (Lipinski definition) is 5. The Hall–Kier alpha value is -0.940. The molecule has 0 spiro atoms. The highest BCUT2D eigenvalue weighted by Crippen LogP contribution is 2.35. The molecule has 1 aliphatic carbocycles.